The van der Waals surface area contributed by atoms with E-state index in [-0.39, 0.29) is 11.8 Å². The number of methoxy groups -OCH3 is 1. The van der Waals surface area contributed by atoms with E-state index in [4.69, 9.17) is 16.3 Å². The Hall–Kier alpha value is -1.22. The molecule has 0 aromatic heterocycles. The first-order valence-electron chi connectivity index (χ1n) is 6.14. The molecule has 100 valence electrons. The second kappa shape index (κ2) is 6.64. The molecule has 0 radical (unpaired) electrons. The number of anilines is 1. The molecule has 0 fully saturated rings. The van der Waals surface area contributed by atoms with Crippen LogP contribution >= 0.6 is 11.6 Å². The van der Waals surface area contributed by atoms with Gasteiger partial charge in [-0.25, -0.2) is 0 Å². The van der Waals surface area contributed by atoms with Crippen LogP contribution in [0.25, 0.3) is 0 Å². The van der Waals surface area contributed by atoms with Crippen molar-refractivity contribution in [1.29, 1.82) is 0 Å². The number of hydrogen-bond donors (Lipinski definition) is 1. The van der Waals surface area contributed by atoms with Crippen LogP contribution in [-0.4, -0.2) is 13.0 Å². The predicted octanol–water partition coefficient (Wildman–Crippen LogP) is 4.03. The van der Waals surface area contributed by atoms with E-state index in [0.717, 1.165) is 18.4 Å². The summed E-state index contributed by atoms with van der Waals surface area (Å²) in [5.41, 5.74) is 1.59. The van der Waals surface area contributed by atoms with Crippen LogP contribution in [0.5, 0.6) is 5.75 Å². The first-order chi connectivity index (χ1) is 8.49. The highest BCUT2D eigenvalue weighted by molar-refractivity contribution is 6.31. The molecule has 1 amide bonds. The molecular formula is C14H20ClNO2. The minimum atomic E-state index is -0.00399. The molecule has 0 heterocycles. The number of nitrogens with one attached hydrogen (secondary N) is 1. The molecule has 1 N–H and O–H groups in total. The molecule has 1 aromatic carbocycles. The van der Waals surface area contributed by atoms with E-state index in [0.29, 0.717) is 16.5 Å². The number of amides is 1. The number of carbonyl (C=O) groups is 1. The van der Waals surface area contributed by atoms with Crippen LogP contribution in [-0.2, 0) is 4.79 Å². The first-order valence-corrected chi connectivity index (χ1v) is 6.52. The van der Waals surface area contributed by atoms with Gasteiger partial charge < -0.3 is 10.1 Å². The summed E-state index contributed by atoms with van der Waals surface area (Å²) < 4.78 is 5.22. The van der Waals surface area contributed by atoms with E-state index >= 15 is 0 Å². The van der Waals surface area contributed by atoms with Crippen molar-refractivity contribution in [2.45, 2.75) is 33.6 Å². The van der Waals surface area contributed by atoms with Gasteiger partial charge in [-0.15, -0.1) is 0 Å². The molecule has 1 atom stereocenters. The van der Waals surface area contributed by atoms with Gasteiger partial charge in [0.2, 0.25) is 5.91 Å². The zero-order chi connectivity index (χ0) is 13.7. The summed E-state index contributed by atoms with van der Waals surface area (Å²) >= 11 is 6.02. The second-order valence-electron chi connectivity index (χ2n) is 4.48. The third kappa shape index (κ3) is 3.64. The molecule has 0 saturated heterocycles. The van der Waals surface area contributed by atoms with Gasteiger partial charge in [-0.05, 0) is 25.0 Å². The highest BCUT2D eigenvalue weighted by Crippen LogP contribution is 2.31. The fraction of sp³-hybridized carbons (Fsp3) is 0.500. The van der Waals surface area contributed by atoms with Crippen LogP contribution in [0.15, 0.2) is 12.1 Å². The quantitative estimate of drug-likeness (QED) is 0.876. The number of rotatable bonds is 5. The third-order valence-corrected chi connectivity index (χ3v) is 3.32. The Labute approximate surface area is 113 Å². The van der Waals surface area contributed by atoms with Crippen LogP contribution in [0.2, 0.25) is 5.02 Å². The summed E-state index contributed by atoms with van der Waals surface area (Å²) in [6.07, 6.45) is 1.87. The molecule has 0 aliphatic carbocycles. The van der Waals surface area contributed by atoms with Gasteiger partial charge in [0.1, 0.15) is 5.75 Å². The second-order valence-corrected chi connectivity index (χ2v) is 4.89. The SMILES string of the molecule is CCCC(C)C(=O)Nc1cc(C)c(Cl)cc1OC. The highest BCUT2D eigenvalue weighted by Gasteiger charge is 2.15. The number of hydrogen-bond acceptors (Lipinski definition) is 2. The molecule has 18 heavy (non-hydrogen) atoms. The maximum absolute atomic E-state index is 12.0. The third-order valence-electron chi connectivity index (χ3n) is 2.91. The van der Waals surface area contributed by atoms with Crippen LogP contribution in [0.3, 0.4) is 0 Å². The molecule has 0 aliphatic heterocycles. The van der Waals surface area contributed by atoms with Crippen LogP contribution < -0.4 is 10.1 Å². The molecule has 0 saturated carbocycles. The van der Waals surface area contributed by atoms with Crippen LogP contribution in [0, 0.1) is 12.8 Å². The number of benzene rings is 1. The van der Waals surface area contributed by atoms with Gasteiger partial charge in [-0.3, -0.25) is 4.79 Å². The average molecular weight is 270 g/mol. The molecular weight excluding hydrogens is 250 g/mol. The smallest absolute Gasteiger partial charge is 0.227 e. The molecule has 4 heteroatoms. The van der Waals surface area contributed by atoms with Crippen molar-refractivity contribution < 1.29 is 9.53 Å². The van der Waals surface area contributed by atoms with Crippen molar-refractivity contribution >= 4 is 23.2 Å². The van der Waals surface area contributed by atoms with Crippen molar-refractivity contribution in [3.63, 3.8) is 0 Å². The van der Waals surface area contributed by atoms with Gasteiger partial charge in [0, 0.05) is 17.0 Å². The zero-order valence-electron chi connectivity index (χ0n) is 11.3. The summed E-state index contributed by atoms with van der Waals surface area (Å²) in [6, 6.07) is 3.55. The van der Waals surface area contributed by atoms with Gasteiger partial charge in [-0.2, -0.15) is 0 Å². The van der Waals surface area contributed by atoms with Gasteiger partial charge in [0.25, 0.3) is 0 Å². The number of carbonyl (C=O) groups excluding carboxylic acids is 1. The minimum Gasteiger partial charge on any atom is -0.495 e. The lowest BCUT2D eigenvalue weighted by Gasteiger charge is -2.15. The predicted molar refractivity (Wildman–Crippen MR) is 75.4 cm³/mol. The fourth-order valence-electron chi connectivity index (χ4n) is 1.75. The molecule has 0 aliphatic rings. The Morgan fingerprint density at radius 1 is 1.50 bits per heavy atom. The van der Waals surface area contributed by atoms with Crippen molar-refractivity contribution in [2.75, 3.05) is 12.4 Å². The van der Waals surface area contributed by atoms with Crippen molar-refractivity contribution in [1.82, 2.24) is 0 Å². The van der Waals surface area contributed by atoms with E-state index in [1.54, 1.807) is 13.2 Å². The number of ether oxygens (including phenoxy) is 1. The van der Waals surface area contributed by atoms with Crippen molar-refractivity contribution in [3.8, 4) is 5.75 Å². The van der Waals surface area contributed by atoms with Crippen molar-refractivity contribution in [3.05, 3.63) is 22.7 Å². The van der Waals surface area contributed by atoms with E-state index in [2.05, 4.69) is 12.2 Å². The van der Waals surface area contributed by atoms with E-state index < -0.39 is 0 Å². The Morgan fingerprint density at radius 2 is 2.17 bits per heavy atom. The maximum atomic E-state index is 12.0. The van der Waals surface area contributed by atoms with Gasteiger partial charge in [-0.1, -0.05) is 31.9 Å². The molecule has 0 bridgehead atoms. The summed E-state index contributed by atoms with van der Waals surface area (Å²) in [7, 11) is 1.56. The summed E-state index contributed by atoms with van der Waals surface area (Å²) in [4.78, 5) is 12.0. The summed E-state index contributed by atoms with van der Waals surface area (Å²) in [6.45, 7) is 5.89. The number of aryl methyl sites for hydroxylation is 1. The van der Waals surface area contributed by atoms with Gasteiger partial charge in [0.15, 0.2) is 0 Å². The number of halogens is 1. The van der Waals surface area contributed by atoms with Crippen LogP contribution in [0.4, 0.5) is 5.69 Å². The lowest BCUT2D eigenvalue weighted by Crippen LogP contribution is -2.20. The summed E-state index contributed by atoms with van der Waals surface area (Å²) in [5, 5.41) is 3.52. The minimum absolute atomic E-state index is 0.00399. The molecule has 1 unspecified atom stereocenters. The lowest BCUT2D eigenvalue weighted by molar-refractivity contribution is -0.119. The fourth-order valence-corrected chi connectivity index (χ4v) is 1.90. The molecule has 1 aromatic rings. The summed E-state index contributed by atoms with van der Waals surface area (Å²) in [5.74, 6) is 0.593. The average Bonchev–Trinajstić information content (AvgIpc) is 2.33. The lowest BCUT2D eigenvalue weighted by atomic mass is 10.1. The Morgan fingerprint density at radius 3 is 2.72 bits per heavy atom. The monoisotopic (exact) mass is 269 g/mol. The van der Waals surface area contributed by atoms with Gasteiger partial charge in [0.05, 0.1) is 12.8 Å². The van der Waals surface area contributed by atoms with Crippen LogP contribution in [0.1, 0.15) is 32.3 Å². The first kappa shape index (κ1) is 14.8. The normalized spacial score (nSPS) is 12.1. The zero-order valence-corrected chi connectivity index (χ0v) is 12.1. The maximum Gasteiger partial charge on any atom is 0.227 e. The van der Waals surface area contributed by atoms with Crippen molar-refractivity contribution in [2.24, 2.45) is 5.92 Å². The molecule has 3 nitrogen and oxygen atoms in total. The molecule has 0 spiro atoms. The highest BCUT2D eigenvalue weighted by atomic mass is 35.5. The van der Waals surface area contributed by atoms with E-state index in [9.17, 15) is 4.79 Å². The topological polar surface area (TPSA) is 38.3 Å². The van der Waals surface area contributed by atoms with Gasteiger partial charge >= 0.3 is 0 Å². The Kier molecular flexibility index (Phi) is 5.48. The van der Waals surface area contributed by atoms with E-state index in [1.807, 2.05) is 19.9 Å². The molecule has 1 rings (SSSR count). The van der Waals surface area contributed by atoms with E-state index in [1.165, 1.54) is 0 Å². The largest absolute Gasteiger partial charge is 0.495 e. The Balaban J connectivity index is 2.90. The Bertz CT molecular complexity index is 432. The standard InChI is InChI=1S/C14H20ClNO2/c1-5-6-9(2)14(17)16-12-7-10(3)11(15)8-13(12)18-4/h7-9H,5-6H2,1-4H3,(H,16,17).